The lowest BCUT2D eigenvalue weighted by Crippen LogP contribution is -2.27. The molecule has 1 aliphatic carbocycles. The molecule has 1 atom stereocenters. The van der Waals surface area contributed by atoms with Crippen LogP contribution in [-0.2, 0) is 5.41 Å². The fourth-order valence-electron chi connectivity index (χ4n) is 3.41. The van der Waals surface area contributed by atoms with Gasteiger partial charge in [-0.3, -0.25) is 0 Å². The number of imidazole rings is 1. The molecule has 2 heterocycles. The van der Waals surface area contributed by atoms with E-state index in [1.54, 1.807) is 0 Å². The molecule has 0 saturated heterocycles. The van der Waals surface area contributed by atoms with E-state index in [-0.39, 0.29) is 5.41 Å². The maximum atomic E-state index is 4.80. The molecule has 1 aliphatic heterocycles. The van der Waals surface area contributed by atoms with Crippen molar-refractivity contribution >= 4 is 5.95 Å². The van der Waals surface area contributed by atoms with Crippen molar-refractivity contribution in [3.8, 4) is 0 Å². The molecular weight excluding hydrogens is 222 g/mol. The van der Waals surface area contributed by atoms with Gasteiger partial charge in [0.2, 0.25) is 5.95 Å². The second kappa shape index (κ2) is 4.29. The van der Waals surface area contributed by atoms with E-state index in [1.807, 2.05) is 0 Å². The third kappa shape index (κ3) is 2.04. The summed E-state index contributed by atoms with van der Waals surface area (Å²) in [6, 6.07) is 0.687. The van der Waals surface area contributed by atoms with E-state index >= 15 is 0 Å². The molecule has 3 nitrogen and oxygen atoms in total. The summed E-state index contributed by atoms with van der Waals surface area (Å²) in [5, 5.41) is 3.46. The molecule has 0 radical (unpaired) electrons. The van der Waals surface area contributed by atoms with Crippen molar-refractivity contribution in [3.05, 3.63) is 11.9 Å². The lowest BCUT2D eigenvalue weighted by molar-refractivity contribution is 0.312. The monoisotopic (exact) mass is 247 g/mol. The van der Waals surface area contributed by atoms with Gasteiger partial charge in [-0.25, -0.2) is 4.98 Å². The zero-order valence-electron chi connectivity index (χ0n) is 11.9. The molecule has 0 amide bonds. The molecule has 1 saturated carbocycles. The number of fused-ring (bicyclic) bond motifs is 1. The van der Waals surface area contributed by atoms with E-state index in [2.05, 4.69) is 36.9 Å². The van der Waals surface area contributed by atoms with Crippen LogP contribution in [0.5, 0.6) is 0 Å². The van der Waals surface area contributed by atoms with E-state index in [1.165, 1.54) is 37.8 Å². The van der Waals surface area contributed by atoms with Gasteiger partial charge in [0.15, 0.2) is 0 Å². The first-order chi connectivity index (χ1) is 8.55. The first-order valence-corrected chi connectivity index (χ1v) is 7.39. The van der Waals surface area contributed by atoms with Crippen molar-refractivity contribution in [1.82, 2.24) is 9.55 Å². The second-order valence-corrected chi connectivity index (χ2v) is 6.93. The Morgan fingerprint density at radius 3 is 2.61 bits per heavy atom. The van der Waals surface area contributed by atoms with Crippen molar-refractivity contribution in [2.75, 3.05) is 11.9 Å². The number of aromatic nitrogens is 2. The van der Waals surface area contributed by atoms with Crippen molar-refractivity contribution in [2.45, 2.75) is 64.3 Å². The minimum absolute atomic E-state index is 0.145. The van der Waals surface area contributed by atoms with Gasteiger partial charge in [0.05, 0.1) is 5.69 Å². The highest BCUT2D eigenvalue weighted by Crippen LogP contribution is 2.40. The predicted octanol–water partition coefficient (Wildman–Crippen LogP) is 3.73. The summed E-state index contributed by atoms with van der Waals surface area (Å²) in [4.78, 5) is 4.80. The molecule has 100 valence electrons. The number of anilines is 1. The second-order valence-electron chi connectivity index (χ2n) is 6.93. The summed E-state index contributed by atoms with van der Waals surface area (Å²) in [5.41, 5.74) is 1.36. The molecule has 0 bridgehead atoms. The van der Waals surface area contributed by atoms with Crippen LogP contribution in [0.2, 0.25) is 0 Å². The molecule has 1 aromatic rings. The van der Waals surface area contributed by atoms with E-state index in [0.717, 1.165) is 18.4 Å². The van der Waals surface area contributed by atoms with Crippen LogP contribution in [-0.4, -0.2) is 16.1 Å². The van der Waals surface area contributed by atoms with E-state index in [0.29, 0.717) is 6.04 Å². The van der Waals surface area contributed by atoms with Crippen molar-refractivity contribution in [3.63, 3.8) is 0 Å². The normalized spacial score (nSPS) is 24.9. The van der Waals surface area contributed by atoms with Crippen molar-refractivity contribution in [1.29, 1.82) is 0 Å². The van der Waals surface area contributed by atoms with Crippen molar-refractivity contribution in [2.24, 2.45) is 5.92 Å². The van der Waals surface area contributed by atoms with Crippen LogP contribution in [0.15, 0.2) is 6.20 Å². The van der Waals surface area contributed by atoms with Crippen LogP contribution in [0, 0.1) is 5.92 Å². The third-order valence-corrected chi connectivity index (χ3v) is 4.53. The molecule has 0 aromatic carbocycles. The number of hydrogen-bond acceptors (Lipinski definition) is 2. The van der Waals surface area contributed by atoms with Gasteiger partial charge in [-0.05, 0) is 25.2 Å². The zero-order chi connectivity index (χ0) is 12.8. The van der Waals surface area contributed by atoms with Gasteiger partial charge in [-0.15, -0.1) is 0 Å². The first kappa shape index (κ1) is 12.1. The Morgan fingerprint density at radius 2 is 1.94 bits per heavy atom. The van der Waals surface area contributed by atoms with Crippen LogP contribution in [0.25, 0.3) is 0 Å². The molecule has 18 heavy (non-hydrogen) atoms. The Balaban J connectivity index is 1.92. The van der Waals surface area contributed by atoms with Crippen LogP contribution < -0.4 is 5.32 Å². The fraction of sp³-hybridized carbons (Fsp3) is 0.800. The lowest BCUT2D eigenvalue weighted by Gasteiger charge is -2.30. The highest BCUT2D eigenvalue weighted by atomic mass is 15.2. The highest BCUT2D eigenvalue weighted by Gasteiger charge is 2.31. The summed E-state index contributed by atoms with van der Waals surface area (Å²) < 4.78 is 2.43. The molecule has 1 aromatic heterocycles. The Labute approximate surface area is 110 Å². The SMILES string of the molecule is CC(C)(C)c1cn2c(n1)NCCC2C1CCCC1. The molecule has 1 fully saturated rings. The summed E-state index contributed by atoms with van der Waals surface area (Å²) in [6.45, 7) is 7.81. The number of hydrogen-bond donors (Lipinski definition) is 1. The van der Waals surface area contributed by atoms with Crippen LogP contribution in [0.3, 0.4) is 0 Å². The highest BCUT2D eigenvalue weighted by molar-refractivity contribution is 5.34. The van der Waals surface area contributed by atoms with Gasteiger partial charge in [0.25, 0.3) is 0 Å². The third-order valence-electron chi connectivity index (χ3n) is 4.53. The molecular formula is C15H25N3. The van der Waals surface area contributed by atoms with E-state index < -0.39 is 0 Å². The Hall–Kier alpha value is -0.990. The van der Waals surface area contributed by atoms with Gasteiger partial charge >= 0.3 is 0 Å². The standard InChI is InChI=1S/C15H25N3/c1-15(2,3)13-10-18-12(11-6-4-5-7-11)8-9-16-14(18)17-13/h10-12H,4-9H2,1-3H3,(H,16,17). The minimum Gasteiger partial charge on any atom is -0.356 e. The van der Waals surface area contributed by atoms with Crippen LogP contribution >= 0.6 is 0 Å². The maximum Gasteiger partial charge on any atom is 0.203 e. The summed E-state index contributed by atoms with van der Waals surface area (Å²) >= 11 is 0. The topological polar surface area (TPSA) is 29.9 Å². The lowest BCUT2D eigenvalue weighted by atomic mass is 9.92. The van der Waals surface area contributed by atoms with Gasteiger partial charge in [-0.2, -0.15) is 0 Å². The van der Waals surface area contributed by atoms with Gasteiger partial charge in [0, 0.05) is 24.2 Å². The molecule has 1 N–H and O–H groups in total. The quantitative estimate of drug-likeness (QED) is 0.819. The summed E-state index contributed by atoms with van der Waals surface area (Å²) in [5.74, 6) is 1.98. The molecule has 3 rings (SSSR count). The summed E-state index contributed by atoms with van der Waals surface area (Å²) in [7, 11) is 0. The Kier molecular flexibility index (Phi) is 2.87. The average molecular weight is 247 g/mol. The predicted molar refractivity (Wildman–Crippen MR) is 75.0 cm³/mol. The molecule has 3 heteroatoms. The molecule has 1 unspecified atom stereocenters. The largest absolute Gasteiger partial charge is 0.356 e. The number of rotatable bonds is 1. The van der Waals surface area contributed by atoms with Gasteiger partial charge in [-0.1, -0.05) is 33.6 Å². The van der Waals surface area contributed by atoms with E-state index in [9.17, 15) is 0 Å². The Morgan fingerprint density at radius 1 is 1.22 bits per heavy atom. The minimum atomic E-state index is 0.145. The number of nitrogens with zero attached hydrogens (tertiary/aromatic N) is 2. The smallest absolute Gasteiger partial charge is 0.203 e. The van der Waals surface area contributed by atoms with Crippen LogP contribution in [0.4, 0.5) is 5.95 Å². The zero-order valence-corrected chi connectivity index (χ0v) is 11.9. The van der Waals surface area contributed by atoms with Crippen LogP contribution in [0.1, 0.15) is 64.6 Å². The maximum absolute atomic E-state index is 4.80. The number of nitrogens with one attached hydrogen (secondary N) is 1. The Bertz CT molecular complexity index is 421. The fourth-order valence-corrected chi connectivity index (χ4v) is 3.41. The first-order valence-electron chi connectivity index (χ1n) is 7.39. The molecule has 2 aliphatic rings. The van der Waals surface area contributed by atoms with E-state index in [4.69, 9.17) is 4.98 Å². The molecule has 0 spiro atoms. The average Bonchev–Trinajstić information content (AvgIpc) is 2.96. The van der Waals surface area contributed by atoms with Gasteiger partial charge < -0.3 is 9.88 Å². The van der Waals surface area contributed by atoms with Crippen molar-refractivity contribution < 1.29 is 0 Å². The van der Waals surface area contributed by atoms with Gasteiger partial charge in [0.1, 0.15) is 0 Å². The summed E-state index contributed by atoms with van der Waals surface area (Å²) in [6.07, 6.45) is 9.22.